The van der Waals surface area contributed by atoms with Crippen LogP contribution in [0.1, 0.15) is 20.3 Å². The molecule has 0 bridgehead atoms. The Kier molecular flexibility index (Phi) is 2.88. The van der Waals surface area contributed by atoms with Crippen LogP contribution in [0.4, 0.5) is 0 Å². The molecule has 0 saturated carbocycles. The molecule has 2 rings (SSSR count). The molecule has 16 heavy (non-hydrogen) atoms. The number of likely N-dealkylation sites (tertiary alicyclic amines) is 1. The summed E-state index contributed by atoms with van der Waals surface area (Å²) in [5.74, 6) is 1.12. The first-order valence-corrected chi connectivity index (χ1v) is 6.78. The van der Waals surface area contributed by atoms with Crippen molar-refractivity contribution in [2.24, 2.45) is 14.7 Å². The van der Waals surface area contributed by atoms with E-state index >= 15 is 0 Å². The average molecular weight is 245 g/mol. The lowest BCUT2D eigenvalue weighted by atomic mass is 9.97. The van der Waals surface area contributed by atoms with Gasteiger partial charge in [-0.2, -0.15) is 8.42 Å². The van der Waals surface area contributed by atoms with Gasteiger partial charge >= 0.3 is 10.2 Å². The molecular formula is C9H15N3O3S. The lowest BCUT2D eigenvalue weighted by Gasteiger charge is -2.39. The third kappa shape index (κ3) is 2.04. The van der Waals surface area contributed by atoms with Gasteiger partial charge < -0.3 is 9.64 Å². The molecule has 0 unspecified atom stereocenters. The summed E-state index contributed by atoms with van der Waals surface area (Å²) in [6.07, 6.45) is 1.09. The number of rotatable bonds is 2. The van der Waals surface area contributed by atoms with Gasteiger partial charge in [0, 0.05) is 13.1 Å². The van der Waals surface area contributed by atoms with Crippen LogP contribution in [0, 0.1) is 5.92 Å². The number of hydrogen-bond acceptors (Lipinski definition) is 4. The molecule has 6 nitrogen and oxygen atoms in total. The Balaban J connectivity index is 2.13. The zero-order valence-electron chi connectivity index (χ0n) is 9.38. The Morgan fingerprint density at radius 3 is 2.62 bits per heavy atom. The fraction of sp³-hybridized carbons (Fsp3) is 0.778. The molecular weight excluding hydrogens is 230 g/mol. The van der Waals surface area contributed by atoms with Crippen LogP contribution in [0.5, 0.6) is 0 Å². The van der Waals surface area contributed by atoms with Crippen LogP contribution in [0.3, 0.4) is 0 Å². The molecule has 90 valence electrons. The topological polar surface area (TPSA) is 71.3 Å². The third-order valence-corrected chi connectivity index (χ3v) is 3.51. The maximum Gasteiger partial charge on any atom is 0.368 e. The van der Waals surface area contributed by atoms with E-state index in [1.165, 1.54) is 0 Å². The van der Waals surface area contributed by atoms with Crippen LogP contribution in [0.2, 0.25) is 0 Å². The molecule has 0 aromatic heterocycles. The molecule has 0 atom stereocenters. The first-order chi connectivity index (χ1) is 7.55. The Labute approximate surface area is 95.2 Å². The van der Waals surface area contributed by atoms with Crippen molar-refractivity contribution in [3.8, 4) is 0 Å². The van der Waals surface area contributed by atoms with Gasteiger partial charge in [-0.05, 0) is 19.3 Å². The van der Waals surface area contributed by atoms with Crippen molar-refractivity contribution in [2.45, 2.75) is 20.3 Å². The highest BCUT2D eigenvalue weighted by molar-refractivity contribution is 7.89. The van der Waals surface area contributed by atoms with E-state index in [4.69, 9.17) is 4.74 Å². The summed E-state index contributed by atoms with van der Waals surface area (Å²) >= 11 is 0. The van der Waals surface area contributed by atoms with Gasteiger partial charge in [0.1, 0.15) is 0 Å². The zero-order valence-corrected chi connectivity index (χ0v) is 10.2. The van der Waals surface area contributed by atoms with Crippen molar-refractivity contribution in [3.63, 3.8) is 0 Å². The van der Waals surface area contributed by atoms with E-state index in [1.807, 2.05) is 4.90 Å². The van der Waals surface area contributed by atoms with Gasteiger partial charge in [0.25, 0.3) is 5.90 Å². The molecule has 0 aromatic carbocycles. The van der Waals surface area contributed by atoms with Gasteiger partial charge in [-0.3, -0.25) is 0 Å². The van der Waals surface area contributed by atoms with Crippen LogP contribution in [-0.4, -0.2) is 44.7 Å². The third-order valence-electron chi connectivity index (χ3n) is 2.71. The summed E-state index contributed by atoms with van der Waals surface area (Å²) in [6, 6.07) is 0. The lowest BCUT2D eigenvalue weighted by molar-refractivity contribution is 0.182. The number of amidine groups is 1. The van der Waals surface area contributed by atoms with E-state index in [0.717, 1.165) is 19.5 Å². The van der Waals surface area contributed by atoms with E-state index in [1.54, 1.807) is 6.92 Å². The maximum absolute atomic E-state index is 11.2. The Hall–Kier alpha value is -1.11. The van der Waals surface area contributed by atoms with E-state index in [-0.39, 0.29) is 5.90 Å². The summed E-state index contributed by atoms with van der Waals surface area (Å²) in [5, 5.41) is 0. The minimum atomic E-state index is -3.70. The first kappa shape index (κ1) is 11.4. The highest BCUT2D eigenvalue weighted by atomic mass is 32.2. The standard InChI is InChI=1S/C9H15N3O3S/c1-3-7-5-12(6-7)8-9(15-4-2)11-16(13,14)10-8/h7H,3-6H2,1-2H3. The second-order valence-electron chi connectivity index (χ2n) is 3.87. The number of hydrogen-bond donors (Lipinski definition) is 0. The largest absolute Gasteiger partial charge is 0.475 e. The summed E-state index contributed by atoms with van der Waals surface area (Å²) < 4.78 is 34.7. The smallest absolute Gasteiger partial charge is 0.368 e. The van der Waals surface area contributed by atoms with Crippen LogP contribution in [-0.2, 0) is 14.9 Å². The number of nitrogens with zero attached hydrogens (tertiary/aromatic N) is 3. The highest BCUT2D eigenvalue weighted by Crippen LogP contribution is 2.22. The second-order valence-corrected chi connectivity index (χ2v) is 5.13. The molecule has 0 spiro atoms. The molecule has 1 fully saturated rings. The van der Waals surface area contributed by atoms with Crippen LogP contribution < -0.4 is 0 Å². The highest BCUT2D eigenvalue weighted by Gasteiger charge is 2.36. The molecule has 0 aromatic rings. The first-order valence-electron chi connectivity index (χ1n) is 5.38. The molecule has 1 saturated heterocycles. The molecule has 0 aliphatic carbocycles. The minimum absolute atomic E-state index is 0.136. The fourth-order valence-electron chi connectivity index (χ4n) is 1.74. The summed E-state index contributed by atoms with van der Waals surface area (Å²) in [6.45, 7) is 5.95. The van der Waals surface area contributed by atoms with Gasteiger partial charge in [-0.1, -0.05) is 6.92 Å². The SMILES string of the molecule is CCOC1=NS(=O)(=O)N=C1N1CC(CC)C1. The Bertz CT molecular complexity index is 435. The molecule has 2 aliphatic rings. The predicted molar refractivity (Wildman–Crippen MR) is 60.8 cm³/mol. The molecule has 7 heteroatoms. The van der Waals surface area contributed by atoms with Gasteiger partial charge in [-0.15, -0.1) is 8.80 Å². The van der Waals surface area contributed by atoms with Gasteiger partial charge in [-0.25, -0.2) is 0 Å². The molecule has 2 aliphatic heterocycles. The predicted octanol–water partition coefficient (Wildman–Crippen LogP) is 0.420. The molecule has 0 radical (unpaired) electrons. The average Bonchev–Trinajstić information content (AvgIpc) is 2.40. The van der Waals surface area contributed by atoms with Crippen LogP contribution >= 0.6 is 0 Å². The van der Waals surface area contributed by atoms with Gasteiger partial charge in [0.05, 0.1) is 6.61 Å². The second kappa shape index (κ2) is 4.04. The van der Waals surface area contributed by atoms with Crippen molar-refractivity contribution >= 4 is 21.9 Å². The zero-order chi connectivity index (χ0) is 11.8. The maximum atomic E-state index is 11.2. The quantitative estimate of drug-likeness (QED) is 0.707. The van der Waals surface area contributed by atoms with Crippen molar-refractivity contribution in [3.05, 3.63) is 0 Å². The molecule has 2 heterocycles. The molecule has 0 N–H and O–H groups in total. The summed E-state index contributed by atoms with van der Waals surface area (Å²) in [5.41, 5.74) is 0. The van der Waals surface area contributed by atoms with E-state index in [0.29, 0.717) is 18.4 Å². The van der Waals surface area contributed by atoms with Gasteiger partial charge in [0.15, 0.2) is 0 Å². The van der Waals surface area contributed by atoms with E-state index < -0.39 is 10.2 Å². The van der Waals surface area contributed by atoms with E-state index in [2.05, 4.69) is 15.7 Å². The van der Waals surface area contributed by atoms with Crippen LogP contribution in [0.25, 0.3) is 0 Å². The van der Waals surface area contributed by atoms with Crippen molar-refractivity contribution in [2.75, 3.05) is 19.7 Å². The fourth-order valence-corrected chi connectivity index (χ4v) is 2.53. The lowest BCUT2D eigenvalue weighted by Crippen LogP contribution is -2.51. The Morgan fingerprint density at radius 1 is 1.38 bits per heavy atom. The van der Waals surface area contributed by atoms with E-state index in [9.17, 15) is 8.42 Å². The monoisotopic (exact) mass is 245 g/mol. The van der Waals surface area contributed by atoms with Crippen molar-refractivity contribution < 1.29 is 13.2 Å². The normalized spacial score (nSPS) is 23.8. The van der Waals surface area contributed by atoms with Gasteiger partial charge in [0.2, 0.25) is 5.84 Å². The number of ether oxygens (including phenoxy) is 1. The minimum Gasteiger partial charge on any atom is -0.475 e. The summed E-state index contributed by atoms with van der Waals surface area (Å²) in [7, 11) is -3.70. The summed E-state index contributed by atoms with van der Waals surface area (Å²) in [4.78, 5) is 1.90. The van der Waals surface area contributed by atoms with Crippen molar-refractivity contribution in [1.29, 1.82) is 0 Å². The van der Waals surface area contributed by atoms with Crippen LogP contribution in [0.15, 0.2) is 8.80 Å². The molecule has 0 amide bonds. The Morgan fingerprint density at radius 2 is 2.06 bits per heavy atom. The van der Waals surface area contributed by atoms with Crippen molar-refractivity contribution in [1.82, 2.24) is 4.90 Å².